The average Bonchev–Trinajstić information content (AvgIpc) is 2.75. The molecule has 2 aromatic carbocycles. The zero-order valence-electron chi connectivity index (χ0n) is 17.9. The van der Waals surface area contributed by atoms with Gasteiger partial charge >= 0.3 is 0 Å². The van der Waals surface area contributed by atoms with Crippen molar-refractivity contribution in [3.63, 3.8) is 0 Å². The molecule has 0 aliphatic carbocycles. The summed E-state index contributed by atoms with van der Waals surface area (Å²) in [6.07, 6.45) is 0. The summed E-state index contributed by atoms with van der Waals surface area (Å²) < 4.78 is 0. The number of anilines is 4. The number of carbonyl (C=O) groups excluding carboxylic acids is 2. The quantitative estimate of drug-likeness (QED) is 0.655. The molecule has 1 aliphatic rings. The second-order valence-corrected chi connectivity index (χ2v) is 7.58. The molecule has 0 radical (unpaired) electrons. The zero-order chi connectivity index (χ0) is 21.5. The van der Waals surface area contributed by atoms with Gasteiger partial charge in [0.05, 0.1) is 0 Å². The predicted octanol–water partition coefficient (Wildman–Crippen LogP) is 3.23. The smallest absolute Gasteiger partial charge is 0.246 e. The minimum absolute atomic E-state index is 0.123. The lowest BCUT2D eigenvalue weighted by Crippen LogP contribution is -2.46. The van der Waals surface area contributed by atoms with Crippen LogP contribution in [0.1, 0.15) is 20.8 Å². The highest BCUT2D eigenvalue weighted by Crippen LogP contribution is 2.20. The van der Waals surface area contributed by atoms with Gasteiger partial charge in [-0.05, 0) is 62.0 Å². The number of likely N-dealkylation sites (N-methyl/N-ethyl adjacent to an activating group) is 1. The van der Waals surface area contributed by atoms with E-state index in [2.05, 4.69) is 44.8 Å². The van der Waals surface area contributed by atoms with Crippen molar-refractivity contribution in [3.05, 3.63) is 48.5 Å². The van der Waals surface area contributed by atoms with Crippen LogP contribution in [0.25, 0.3) is 0 Å². The van der Waals surface area contributed by atoms with Crippen molar-refractivity contribution in [2.45, 2.75) is 26.8 Å². The van der Waals surface area contributed by atoms with Crippen molar-refractivity contribution in [2.75, 3.05) is 53.6 Å². The summed E-state index contributed by atoms with van der Waals surface area (Å²) in [4.78, 5) is 28.4. The molecule has 2 amide bonds. The van der Waals surface area contributed by atoms with E-state index in [0.717, 1.165) is 38.4 Å². The molecule has 1 unspecified atom stereocenters. The van der Waals surface area contributed by atoms with E-state index in [4.69, 9.17) is 0 Å². The van der Waals surface area contributed by atoms with Gasteiger partial charge in [0.25, 0.3) is 0 Å². The monoisotopic (exact) mass is 409 g/mol. The highest BCUT2D eigenvalue weighted by Gasteiger charge is 2.16. The van der Waals surface area contributed by atoms with E-state index in [0.29, 0.717) is 11.4 Å². The molecule has 30 heavy (non-hydrogen) atoms. The Balaban J connectivity index is 1.50. The standard InChI is InChI=1S/C23H31N5O2/c1-4-27-13-15-28(16-14-27)22-11-9-19(10-12-22)24-17(2)23(30)26-21-7-5-20(6-8-21)25-18(3)29/h5-12,17,24H,4,13-16H2,1-3H3,(H,25,29)(H,26,30). The highest BCUT2D eigenvalue weighted by molar-refractivity contribution is 5.96. The first-order chi connectivity index (χ1) is 14.4. The van der Waals surface area contributed by atoms with E-state index in [1.165, 1.54) is 12.6 Å². The second kappa shape index (κ2) is 10.1. The van der Waals surface area contributed by atoms with Gasteiger partial charge in [0.1, 0.15) is 6.04 Å². The first kappa shape index (κ1) is 21.6. The van der Waals surface area contributed by atoms with Crippen molar-refractivity contribution >= 4 is 34.6 Å². The fourth-order valence-corrected chi connectivity index (χ4v) is 3.50. The van der Waals surface area contributed by atoms with Crippen LogP contribution < -0.4 is 20.9 Å². The Morgan fingerprint density at radius 1 is 0.867 bits per heavy atom. The van der Waals surface area contributed by atoms with Crippen molar-refractivity contribution in [2.24, 2.45) is 0 Å². The Bertz CT molecular complexity index is 843. The van der Waals surface area contributed by atoms with Crippen LogP contribution in [0.15, 0.2) is 48.5 Å². The molecule has 7 nitrogen and oxygen atoms in total. The van der Waals surface area contributed by atoms with Crippen molar-refractivity contribution in [3.8, 4) is 0 Å². The number of carbonyl (C=O) groups is 2. The molecule has 0 saturated carbocycles. The predicted molar refractivity (Wildman–Crippen MR) is 123 cm³/mol. The van der Waals surface area contributed by atoms with Crippen LogP contribution in [0.2, 0.25) is 0 Å². The number of hydrogen-bond donors (Lipinski definition) is 3. The highest BCUT2D eigenvalue weighted by atomic mass is 16.2. The van der Waals surface area contributed by atoms with Crippen LogP contribution in [0.4, 0.5) is 22.7 Å². The Hall–Kier alpha value is -3.06. The first-order valence-corrected chi connectivity index (χ1v) is 10.5. The number of benzene rings is 2. The SMILES string of the molecule is CCN1CCN(c2ccc(NC(C)C(=O)Nc3ccc(NC(C)=O)cc3)cc2)CC1. The molecule has 0 bridgehead atoms. The third-order valence-corrected chi connectivity index (χ3v) is 5.30. The lowest BCUT2D eigenvalue weighted by Gasteiger charge is -2.35. The molecule has 7 heteroatoms. The second-order valence-electron chi connectivity index (χ2n) is 7.58. The van der Waals surface area contributed by atoms with Crippen LogP contribution in [0.5, 0.6) is 0 Å². The van der Waals surface area contributed by atoms with Gasteiger partial charge in [0, 0.05) is 55.9 Å². The molecule has 3 rings (SSSR count). The number of nitrogens with one attached hydrogen (secondary N) is 3. The summed E-state index contributed by atoms with van der Waals surface area (Å²) in [6.45, 7) is 10.9. The molecule has 1 aliphatic heterocycles. The molecule has 1 fully saturated rings. The van der Waals surface area contributed by atoms with Gasteiger partial charge in [-0.1, -0.05) is 6.92 Å². The molecule has 1 atom stereocenters. The van der Waals surface area contributed by atoms with E-state index >= 15 is 0 Å². The van der Waals surface area contributed by atoms with Gasteiger partial charge in [0.2, 0.25) is 11.8 Å². The van der Waals surface area contributed by atoms with Gasteiger partial charge in [-0.3, -0.25) is 9.59 Å². The Morgan fingerprint density at radius 3 is 1.93 bits per heavy atom. The summed E-state index contributed by atoms with van der Waals surface area (Å²) in [5.41, 5.74) is 3.51. The summed E-state index contributed by atoms with van der Waals surface area (Å²) in [5.74, 6) is -0.249. The van der Waals surface area contributed by atoms with Crippen molar-refractivity contribution in [1.29, 1.82) is 0 Å². The first-order valence-electron chi connectivity index (χ1n) is 10.5. The minimum Gasteiger partial charge on any atom is -0.374 e. The maximum absolute atomic E-state index is 12.5. The maximum Gasteiger partial charge on any atom is 0.246 e. The molecular weight excluding hydrogens is 378 g/mol. The lowest BCUT2D eigenvalue weighted by atomic mass is 10.2. The third-order valence-electron chi connectivity index (χ3n) is 5.30. The molecule has 0 spiro atoms. The van der Waals surface area contributed by atoms with E-state index < -0.39 is 0 Å². The fourth-order valence-electron chi connectivity index (χ4n) is 3.50. The largest absolute Gasteiger partial charge is 0.374 e. The molecule has 2 aromatic rings. The summed E-state index contributed by atoms with van der Waals surface area (Å²) >= 11 is 0. The normalized spacial score (nSPS) is 15.4. The van der Waals surface area contributed by atoms with E-state index in [1.54, 1.807) is 24.3 Å². The minimum atomic E-state index is -0.390. The van der Waals surface area contributed by atoms with Crippen LogP contribution >= 0.6 is 0 Å². The van der Waals surface area contributed by atoms with Gasteiger partial charge in [0.15, 0.2) is 0 Å². The van der Waals surface area contributed by atoms with E-state index in [9.17, 15) is 9.59 Å². The maximum atomic E-state index is 12.5. The Labute approximate surface area is 178 Å². The molecular formula is C23H31N5O2. The van der Waals surface area contributed by atoms with Gasteiger partial charge < -0.3 is 25.8 Å². The third kappa shape index (κ3) is 5.97. The van der Waals surface area contributed by atoms with Crippen LogP contribution in [-0.2, 0) is 9.59 Å². The summed E-state index contributed by atoms with van der Waals surface area (Å²) in [6, 6.07) is 14.9. The summed E-state index contributed by atoms with van der Waals surface area (Å²) in [5, 5.41) is 8.84. The number of piperazine rings is 1. The Kier molecular flexibility index (Phi) is 7.30. The van der Waals surface area contributed by atoms with E-state index in [1.807, 2.05) is 19.1 Å². The van der Waals surface area contributed by atoms with Crippen LogP contribution in [0.3, 0.4) is 0 Å². The average molecular weight is 410 g/mol. The number of nitrogens with zero attached hydrogens (tertiary/aromatic N) is 2. The molecule has 0 aromatic heterocycles. The van der Waals surface area contributed by atoms with Crippen molar-refractivity contribution < 1.29 is 9.59 Å². The van der Waals surface area contributed by atoms with Gasteiger partial charge in [-0.2, -0.15) is 0 Å². The van der Waals surface area contributed by atoms with E-state index in [-0.39, 0.29) is 17.9 Å². The van der Waals surface area contributed by atoms with Crippen LogP contribution in [-0.4, -0.2) is 55.5 Å². The zero-order valence-corrected chi connectivity index (χ0v) is 17.9. The lowest BCUT2D eigenvalue weighted by molar-refractivity contribution is -0.116. The van der Waals surface area contributed by atoms with Gasteiger partial charge in [-0.25, -0.2) is 0 Å². The topological polar surface area (TPSA) is 76.7 Å². The Morgan fingerprint density at radius 2 is 1.40 bits per heavy atom. The number of hydrogen-bond acceptors (Lipinski definition) is 5. The summed E-state index contributed by atoms with van der Waals surface area (Å²) in [7, 11) is 0. The molecule has 3 N–H and O–H groups in total. The number of amides is 2. The molecule has 1 heterocycles. The van der Waals surface area contributed by atoms with Gasteiger partial charge in [-0.15, -0.1) is 0 Å². The van der Waals surface area contributed by atoms with Crippen molar-refractivity contribution in [1.82, 2.24) is 4.90 Å². The fraction of sp³-hybridized carbons (Fsp3) is 0.391. The molecule has 1 saturated heterocycles. The van der Waals surface area contributed by atoms with Crippen LogP contribution in [0, 0.1) is 0 Å². The molecule has 160 valence electrons. The number of rotatable bonds is 7.